The summed E-state index contributed by atoms with van der Waals surface area (Å²) < 4.78 is 5.88. The number of aryl methyl sites for hydroxylation is 1. The van der Waals surface area contributed by atoms with Gasteiger partial charge in [0.25, 0.3) is 0 Å². The quantitative estimate of drug-likeness (QED) is 0.489. The molecule has 0 unspecified atom stereocenters. The zero-order valence-electron chi connectivity index (χ0n) is 18.9. The molecule has 4 aliphatic carbocycles. The van der Waals surface area contributed by atoms with Crippen LogP contribution in [0.25, 0.3) is 21.9 Å². The molecule has 32 heavy (non-hydrogen) atoms. The molecular weight excluding hydrogens is 396 g/mol. The highest BCUT2D eigenvalue weighted by molar-refractivity contribution is 6.05. The van der Waals surface area contributed by atoms with Crippen molar-refractivity contribution in [1.82, 2.24) is 0 Å². The van der Waals surface area contributed by atoms with Gasteiger partial charge in [-0.2, -0.15) is 0 Å². The Morgan fingerprint density at radius 2 is 1.62 bits per heavy atom. The number of carbonyl (C=O) groups is 1. The van der Waals surface area contributed by atoms with Gasteiger partial charge in [0.05, 0.1) is 12.7 Å². The lowest BCUT2D eigenvalue weighted by molar-refractivity contribution is -0.00613. The Labute approximate surface area is 189 Å². The van der Waals surface area contributed by atoms with Crippen LogP contribution >= 0.6 is 0 Å². The lowest BCUT2D eigenvalue weighted by atomic mass is 9.48. The van der Waals surface area contributed by atoms with Crippen LogP contribution in [0, 0.1) is 24.7 Å². The summed E-state index contributed by atoms with van der Waals surface area (Å²) in [7, 11) is 1.77. The first-order valence-electron chi connectivity index (χ1n) is 11.9. The fourth-order valence-corrected chi connectivity index (χ4v) is 7.76. The molecule has 0 aromatic heterocycles. The third kappa shape index (κ3) is 2.90. The van der Waals surface area contributed by atoms with Gasteiger partial charge in [0.1, 0.15) is 5.75 Å². The van der Waals surface area contributed by atoms with Crippen LogP contribution in [0.5, 0.6) is 5.75 Å². The number of aromatic carboxylic acids is 1. The summed E-state index contributed by atoms with van der Waals surface area (Å²) in [4.78, 5) is 12.4. The molecule has 0 heterocycles. The highest BCUT2D eigenvalue weighted by Gasteiger charge is 2.52. The number of benzene rings is 3. The molecule has 1 N–H and O–H groups in total. The molecule has 4 bridgehead atoms. The van der Waals surface area contributed by atoms with Gasteiger partial charge < -0.3 is 9.84 Å². The van der Waals surface area contributed by atoms with E-state index in [2.05, 4.69) is 24.3 Å². The van der Waals surface area contributed by atoms with E-state index in [1.807, 2.05) is 31.2 Å². The third-order valence-corrected chi connectivity index (χ3v) is 8.64. The average molecular weight is 427 g/mol. The van der Waals surface area contributed by atoms with Crippen molar-refractivity contribution in [1.29, 1.82) is 0 Å². The van der Waals surface area contributed by atoms with Crippen LogP contribution in [0.4, 0.5) is 0 Å². The van der Waals surface area contributed by atoms with Crippen LogP contribution in [-0.4, -0.2) is 18.2 Å². The van der Waals surface area contributed by atoms with E-state index in [-0.39, 0.29) is 5.41 Å². The van der Waals surface area contributed by atoms with Crippen LogP contribution in [0.15, 0.2) is 48.5 Å². The number of rotatable bonds is 4. The van der Waals surface area contributed by atoms with Crippen molar-refractivity contribution >= 4 is 16.7 Å². The van der Waals surface area contributed by atoms with Gasteiger partial charge in [-0.05, 0) is 114 Å². The van der Waals surface area contributed by atoms with Crippen molar-refractivity contribution in [2.45, 2.75) is 50.9 Å². The monoisotopic (exact) mass is 426 g/mol. The maximum Gasteiger partial charge on any atom is 0.336 e. The predicted molar refractivity (Wildman–Crippen MR) is 127 cm³/mol. The molecule has 7 rings (SSSR count). The van der Waals surface area contributed by atoms with Gasteiger partial charge in [-0.3, -0.25) is 0 Å². The highest BCUT2D eigenvalue weighted by atomic mass is 16.5. The Hall–Kier alpha value is -2.81. The Kier molecular flexibility index (Phi) is 4.40. The Morgan fingerprint density at radius 1 is 0.969 bits per heavy atom. The van der Waals surface area contributed by atoms with Crippen molar-refractivity contribution < 1.29 is 14.6 Å². The summed E-state index contributed by atoms with van der Waals surface area (Å²) in [6.07, 6.45) is 7.95. The van der Waals surface area contributed by atoms with Crippen molar-refractivity contribution in [2.24, 2.45) is 17.8 Å². The van der Waals surface area contributed by atoms with Gasteiger partial charge >= 0.3 is 5.97 Å². The first-order valence-corrected chi connectivity index (χ1v) is 11.9. The van der Waals surface area contributed by atoms with E-state index in [1.165, 1.54) is 44.1 Å². The van der Waals surface area contributed by atoms with Crippen molar-refractivity contribution in [2.75, 3.05) is 7.11 Å². The molecule has 164 valence electrons. The van der Waals surface area contributed by atoms with Crippen LogP contribution in [0.3, 0.4) is 0 Å². The highest BCUT2D eigenvalue weighted by Crippen LogP contribution is 2.62. The smallest absolute Gasteiger partial charge is 0.336 e. The first kappa shape index (κ1) is 19.8. The first-order chi connectivity index (χ1) is 15.5. The largest absolute Gasteiger partial charge is 0.496 e. The van der Waals surface area contributed by atoms with E-state index in [9.17, 15) is 9.90 Å². The number of carboxylic acid groups (broad SMARTS) is 1. The molecule has 0 atom stereocenters. The number of methoxy groups -OCH3 is 1. The second-order valence-corrected chi connectivity index (χ2v) is 10.6. The molecule has 0 aliphatic heterocycles. The number of hydrogen-bond donors (Lipinski definition) is 1. The van der Waals surface area contributed by atoms with E-state index in [4.69, 9.17) is 4.74 Å². The van der Waals surface area contributed by atoms with Crippen LogP contribution in [-0.2, 0) is 5.41 Å². The normalized spacial score (nSPS) is 28.2. The molecule has 3 nitrogen and oxygen atoms in total. The summed E-state index contributed by atoms with van der Waals surface area (Å²) in [6.45, 7) is 1.93. The molecule has 0 amide bonds. The molecule has 3 heteroatoms. The van der Waals surface area contributed by atoms with Crippen LogP contribution in [0.1, 0.15) is 60.0 Å². The Morgan fingerprint density at radius 3 is 2.25 bits per heavy atom. The molecule has 0 radical (unpaired) electrons. The van der Waals surface area contributed by atoms with Crippen LogP contribution in [0.2, 0.25) is 0 Å². The number of hydrogen-bond acceptors (Lipinski definition) is 2. The molecule has 4 aliphatic rings. The lowest BCUT2D eigenvalue weighted by Crippen LogP contribution is -2.48. The van der Waals surface area contributed by atoms with E-state index in [0.717, 1.165) is 51.0 Å². The maximum absolute atomic E-state index is 12.4. The Balaban J connectivity index is 1.55. The van der Waals surface area contributed by atoms with Gasteiger partial charge in [0, 0.05) is 5.56 Å². The van der Waals surface area contributed by atoms with Gasteiger partial charge in [0.15, 0.2) is 0 Å². The van der Waals surface area contributed by atoms with E-state index < -0.39 is 5.97 Å². The zero-order chi connectivity index (χ0) is 22.0. The minimum atomic E-state index is -0.865. The fraction of sp³-hybridized carbons (Fsp3) is 0.414. The predicted octanol–water partition coefficient (Wildman–Crippen LogP) is 6.99. The zero-order valence-corrected chi connectivity index (χ0v) is 18.9. The van der Waals surface area contributed by atoms with Crippen LogP contribution < -0.4 is 4.74 Å². The second-order valence-electron chi connectivity index (χ2n) is 10.6. The van der Waals surface area contributed by atoms with E-state index >= 15 is 0 Å². The molecular formula is C29H30O3. The SMILES string of the molecule is COc1ccc(-c2cc3ccccc3c(C)c2C(=O)O)cc1C12CC3CC(CC(C3)C1)C2. The van der Waals surface area contributed by atoms with Crippen molar-refractivity contribution in [3.63, 3.8) is 0 Å². The topological polar surface area (TPSA) is 46.5 Å². The minimum absolute atomic E-state index is 0.186. The number of carboxylic acids is 1. The summed E-state index contributed by atoms with van der Waals surface area (Å²) in [6, 6.07) is 16.5. The molecule has 0 saturated heterocycles. The van der Waals surface area contributed by atoms with E-state index in [1.54, 1.807) is 7.11 Å². The lowest BCUT2D eigenvalue weighted by Gasteiger charge is -2.57. The minimum Gasteiger partial charge on any atom is -0.496 e. The Bertz CT molecular complexity index is 1200. The fourth-order valence-electron chi connectivity index (χ4n) is 7.76. The molecule has 0 spiro atoms. The van der Waals surface area contributed by atoms with E-state index in [0.29, 0.717) is 5.56 Å². The molecule has 3 aromatic carbocycles. The average Bonchev–Trinajstić information content (AvgIpc) is 2.77. The van der Waals surface area contributed by atoms with Gasteiger partial charge in [0.2, 0.25) is 0 Å². The standard InChI is InChI=1S/C29H30O3/c1-17-23-6-4-3-5-21(23)12-24(27(17)28(30)31)22-7-8-26(32-2)25(13-22)29-14-18-9-19(15-29)11-20(10-18)16-29/h3-8,12-13,18-20H,9-11,14-16H2,1-2H3,(H,30,31). The summed E-state index contributed by atoms with van der Waals surface area (Å²) in [5.74, 6) is 2.62. The van der Waals surface area contributed by atoms with Crippen molar-refractivity contribution in [3.8, 4) is 16.9 Å². The number of fused-ring (bicyclic) bond motifs is 1. The van der Waals surface area contributed by atoms with Gasteiger partial charge in [-0.15, -0.1) is 0 Å². The summed E-state index contributed by atoms with van der Waals surface area (Å²) >= 11 is 0. The molecule has 3 aromatic rings. The van der Waals surface area contributed by atoms with Crippen molar-refractivity contribution in [3.05, 3.63) is 65.2 Å². The van der Waals surface area contributed by atoms with Gasteiger partial charge in [-0.25, -0.2) is 4.79 Å². The number of ether oxygens (including phenoxy) is 1. The summed E-state index contributed by atoms with van der Waals surface area (Å²) in [5, 5.41) is 12.2. The summed E-state index contributed by atoms with van der Waals surface area (Å²) in [5.41, 5.74) is 4.53. The second kappa shape index (κ2) is 7.10. The molecule has 4 saturated carbocycles. The third-order valence-electron chi connectivity index (χ3n) is 8.64. The maximum atomic E-state index is 12.4. The van der Waals surface area contributed by atoms with Gasteiger partial charge in [-0.1, -0.05) is 30.3 Å². The molecule has 4 fully saturated rings.